The number of nitrogens with zero attached hydrogens (tertiary/aromatic N) is 1. The van der Waals surface area contributed by atoms with Crippen LogP contribution >= 0.6 is 0 Å². The van der Waals surface area contributed by atoms with E-state index in [0.29, 0.717) is 25.3 Å². The molecule has 4 heteroatoms. The first-order valence-electron chi connectivity index (χ1n) is 6.85. The van der Waals surface area contributed by atoms with Crippen molar-refractivity contribution in [1.82, 2.24) is 4.90 Å². The minimum Gasteiger partial charge on any atom is -0.464 e. The van der Waals surface area contributed by atoms with Crippen LogP contribution < -0.4 is 0 Å². The molecule has 0 amide bonds. The average molecular weight is 257 g/mol. The van der Waals surface area contributed by atoms with Crippen LogP contribution in [0, 0.1) is 5.41 Å². The highest BCUT2D eigenvalue weighted by molar-refractivity contribution is 5.80. The van der Waals surface area contributed by atoms with Crippen LogP contribution in [-0.4, -0.2) is 49.8 Å². The summed E-state index contributed by atoms with van der Waals surface area (Å²) in [4.78, 5) is 14.2. The highest BCUT2D eigenvalue weighted by Crippen LogP contribution is 2.46. The summed E-state index contributed by atoms with van der Waals surface area (Å²) in [6, 6.07) is 0.940. The first-order chi connectivity index (χ1) is 8.43. The fourth-order valence-electron chi connectivity index (χ4n) is 2.34. The molecule has 0 aromatic heterocycles. The molecule has 0 spiro atoms. The van der Waals surface area contributed by atoms with Crippen LogP contribution in [0.3, 0.4) is 0 Å². The van der Waals surface area contributed by atoms with Crippen LogP contribution in [0.5, 0.6) is 0 Å². The van der Waals surface area contributed by atoms with Crippen molar-refractivity contribution < 1.29 is 14.3 Å². The van der Waals surface area contributed by atoms with Gasteiger partial charge in [0.15, 0.2) is 0 Å². The van der Waals surface area contributed by atoms with Gasteiger partial charge in [-0.05, 0) is 40.5 Å². The van der Waals surface area contributed by atoms with E-state index in [1.54, 1.807) is 7.11 Å². The number of carbonyl (C=O) groups excluding carboxylic acids is 1. The Morgan fingerprint density at radius 1 is 1.22 bits per heavy atom. The zero-order valence-corrected chi connectivity index (χ0v) is 12.4. The van der Waals surface area contributed by atoms with E-state index in [2.05, 4.69) is 32.6 Å². The fourth-order valence-corrected chi connectivity index (χ4v) is 2.34. The number of ether oxygens (including phenoxy) is 2. The standard InChI is InChI=1S/C14H27NO3/c1-11(2)15(12(3)4)8-9-18-13(16)14(6-7-14)10-17-5/h11-12H,6-10H2,1-5H3. The zero-order valence-electron chi connectivity index (χ0n) is 12.4. The van der Waals surface area contributed by atoms with Gasteiger partial charge in [0, 0.05) is 25.7 Å². The molecule has 106 valence electrons. The molecule has 0 atom stereocenters. The maximum atomic E-state index is 11.9. The summed E-state index contributed by atoms with van der Waals surface area (Å²) in [6.45, 7) is 10.4. The van der Waals surface area contributed by atoms with Crippen molar-refractivity contribution in [2.24, 2.45) is 5.41 Å². The van der Waals surface area contributed by atoms with Gasteiger partial charge in [-0.2, -0.15) is 0 Å². The summed E-state index contributed by atoms with van der Waals surface area (Å²) in [5.41, 5.74) is -0.324. The lowest BCUT2D eigenvalue weighted by Gasteiger charge is -2.30. The smallest absolute Gasteiger partial charge is 0.314 e. The Labute approximate surface area is 111 Å². The number of hydrogen-bond acceptors (Lipinski definition) is 4. The molecule has 18 heavy (non-hydrogen) atoms. The van der Waals surface area contributed by atoms with Gasteiger partial charge in [-0.25, -0.2) is 0 Å². The molecule has 0 unspecified atom stereocenters. The average Bonchev–Trinajstić information content (AvgIpc) is 3.04. The molecule has 0 bridgehead atoms. The molecule has 4 nitrogen and oxygen atoms in total. The van der Waals surface area contributed by atoms with Crippen LogP contribution in [0.2, 0.25) is 0 Å². The third-order valence-electron chi connectivity index (χ3n) is 3.62. The molecule has 0 radical (unpaired) electrons. The molecule has 1 rings (SSSR count). The lowest BCUT2D eigenvalue weighted by atomic mass is 10.1. The van der Waals surface area contributed by atoms with E-state index in [-0.39, 0.29) is 11.4 Å². The molecule has 0 heterocycles. The van der Waals surface area contributed by atoms with Crippen molar-refractivity contribution in [2.75, 3.05) is 26.9 Å². The van der Waals surface area contributed by atoms with Gasteiger partial charge in [-0.3, -0.25) is 9.69 Å². The van der Waals surface area contributed by atoms with Crippen LogP contribution in [0.25, 0.3) is 0 Å². The second kappa shape index (κ2) is 6.53. The van der Waals surface area contributed by atoms with Gasteiger partial charge in [0.2, 0.25) is 0 Å². The van der Waals surface area contributed by atoms with Crippen molar-refractivity contribution in [3.63, 3.8) is 0 Å². The number of hydrogen-bond donors (Lipinski definition) is 0. The van der Waals surface area contributed by atoms with Gasteiger partial charge in [0.05, 0.1) is 12.0 Å². The van der Waals surface area contributed by atoms with E-state index in [1.165, 1.54) is 0 Å². The zero-order chi connectivity index (χ0) is 13.8. The predicted molar refractivity (Wildman–Crippen MR) is 71.5 cm³/mol. The lowest BCUT2D eigenvalue weighted by molar-refractivity contribution is -0.153. The van der Waals surface area contributed by atoms with Gasteiger partial charge < -0.3 is 9.47 Å². The first-order valence-corrected chi connectivity index (χ1v) is 6.85. The van der Waals surface area contributed by atoms with Crippen molar-refractivity contribution in [2.45, 2.75) is 52.6 Å². The summed E-state index contributed by atoms with van der Waals surface area (Å²) in [5, 5.41) is 0. The molecule has 0 aliphatic heterocycles. The van der Waals surface area contributed by atoms with E-state index >= 15 is 0 Å². The van der Waals surface area contributed by atoms with Crippen LogP contribution in [0.15, 0.2) is 0 Å². The minimum atomic E-state index is -0.324. The maximum Gasteiger partial charge on any atom is 0.314 e. The Bertz CT molecular complexity index is 264. The molecule has 0 aromatic carbocycles. The molecular weight excluding hydrogens is 230 g/mol. The second-order valence-corrected chi connectivity index (χ2v) is 5.77. The van der Waals surface area contributed by atoms with Crippen LogP contribution in [0.1, 0.15) is 40.5 Å². The van der Waals surface area contributed by atoms with Gasteiger partial charge in [0.1, 0.15) is 6.61 Å². The Morgan fingerprint density at radius 2 is 1.78 bits per heavy atom. The van der Waals surface area contributed by atoms with E-state index < -0.39 is 0 Å². The van der Waals surface area contributed by atoms with Crippen molar-refractivity contribution >= 4 is 5.97 Å². The van der Waals surface area contributed by atoms with Crippen LogP contribution in [0.4, 0.5) is 0 Å². The molecule has 1 fully saturated rings. The molecule has 0 saturated heterocycles. The molecular formula is C14H27NO3. The summed E-state index contributed by atoms with van der Waals surface area (Å²) < 4.78 is 10.5. The summed E-state index contributed by atoms with van der Waals surface area (Å²) in [6.07, 6.45) is 1.80. The Hall–Kier alpha value is -0.610. The van der Waals surface area contributed by atoms with E-state index in [9.17, 15) is 4.79 Å². The largest absolute Gasteiger partial charge is 0.464 e. The second-order valence-electron chi connectivity index (χ2n) is 5.77. The van der Waals surface area contributed by atoms with Crippen LogP contribution in [-0.2, 0) is 14.3 Å². The third kappa shape index (κ3) is 3.95. The Balaban J connectivity index is 2.31. The monoisotopic (exact) mass is 257 g/mol. The lowest BCUT2D eigenvalue weighted by Crippen LogP contribution is -2.40. The topological polar surface area (TPSA) is 38.8 Å². The first kappa shape index (κ1) is 15.4. The number of methoxy groups -OCH3 is 1. The fraction of sp³-hybridized carbons (Fsp3) is 0.929. The van der Waals surface area contributed by atoms with Gasteiger partial charge in [0.25, 0.3) is 0 Å². The maximum absolute atomic E-state index is 11.9. The van der Waals surface area contributed by atoms with E-state index in [1.807, 2.05) is 0 Å². The highest BCUT2D eigenvalue weighted by Gasteiger charge is 2.51. The van der Waals surface area contributed by atoms with Gasteiger partial charge in [-0.1, -0.05) is 0 Å². The molecule has 1 saturated carbocycles. The molecule has 1 aliphatic carbocycles. The Kier molecular flexibility index (Phi) is 5.60. The third-order valence-corrected chi connectivity index (χ3v) is 3.62. The normalized spacial score (nSPS) is 17.6. The number of carbonyl (C=O) groups is 1. The number of rotatable bonds is 8. The van der Waals surface area contributed by atoms with Gasteiger partial charge in [-0.15, -0.1) is 0 Å². The van der Waals surface area contributed by atoms with Gasteiger partial charge >= 0.3 is 5.97 Å². The quantitative estimate of drug-likeness (QED) is 0.624. The van der Waals surface area contributed by atoms with Crippen molar-refractivity contribution in [3.05, 3.63) is 0 Å². The van der Waals surface area contributed by atoms with Crippen molar-refractivity contribution in [3.8, 4) is 0 Å². The summed E-state index contributed by atoms with van der Waals surface area (Å²) >= 11 is 0. The predicted octanol–water partition coefficient (Wildman–Crippen LogP) is 2.07. The SMILES string of the molecule is COCC1(C(=O)OCCN(C(C)C)C(C)C)CC1. The number of esters is 1. The summed E-state index contributed by atoms with van der Waals surface area (Å²) in [5.74, 6) is -0.0863. The highest BCUT2D eigenvalue weighted by atomic mass is 16.5. The Morgan fingerprint density at radius 3 is 2.17 bits per heavy atom. The van der Waals surface area contributed by atoms with Crippen molar-refractivity contribution in [1.29, 1.82) is 0 Å². The molecule has 0 N–H and O–H groups in total. The molecule has 0 aromatic rings. The molecule has 1 aliphatic rings. The summed E-state index contributed by atoms with van der Waals surface area (Å²) in [7, 11) is 1.63. The van der Waals surface area contributed by atoms with E-state index in [4.69, 9.17) is 9.47 Å². The van der Waals surface area contributed by atoms with E-state index in [0.717, 1.165) is 19.4 Å². The minimum absolute atomic E-state index is 0.0863.